The minimum absolute atomic E-state index is 0.0546. The fourth-order valence-corrected chi connectivity index (χ4v) is 3.84. The van der Waals surface area contributed by atoms with Gasteiger partial charge in [0.25, 0.3) is 5.91 Å². The van der Waals surface area contributed by atoms with Crippen molar-refractivity contribution in [1.82, 2.24) is 10.4 Å². The molecule has 0 aromatic heterocycles. The SMILES string of the molecule is Cc1ccc(C2(C)CCN([C@H](CCS(C)(=O)=O)C(=O)NO)C2=O)cc1. The Morgan fingerprint density at radius 2 is 1.96 bits per heavy atom. The average Bonchev–Trinajstić information content (AvgIpc) is 2.84. The highest BCUT2D eigenvalue weighted by atomic mass is 32.2. The Balaban J connectivity index is 2.27. The summed E-state index contributed by atoms with van der Waals surface area (Å²) in [4.78, 5) is 26.4. The number of rotatable bonds is 6. The van der Waals surface area contributed by atoms with Gasteiger partial charge in [0, 0.05) is 12.8 Å². The number of amides is 2. The fourth-order valence-electron chi connectivity index (χ4n) is 3.18. The molecule has 138 valence electrons. The standard InChI is InChI=1S/C17H24N2O5S/c1-12-4-6-13(7-5-12)17(2)9-10-19(16(17)21)14(15(20)18-22)8-11-25(3,23)24/h4-7,14,22H,8-11H2,1-3H3,(H,18,20)/t14-,17?/m1/s1. The van der Waals surface area contributed by atoms with E-state index in [1.54, 1.807) is 5.48 Å². The van der Waals surface area contributed by atoms with Crippen molar-refractivity contribution < 1.29 is 23.2 Å². The second-order valence-corrected chi connectivity index (χ2v) is 9.12. The van der Waals surface area contributed by atoms with Gasteiger partial charge >= 0.3 is 0 Å². The number of nitrogens with zero attached hydrogens (tertiary/aromatic N) is 1. The summed E-state index contributed by atoms with van der Waals surface area (Å²) in [7, 11) is -3.29. The zero-order valence-electron chi connectivity index (χ0n) is 14.7. The maximum absolute atomic E-state index is 13.0. The average molecular weight is 368 g/mol. The molecule has 0 bridgehead atoms. The predicted molar refractivity (Wildman–Crippen MR) is 92.9 cm³/mol. The largest absolute Gasteiger partial charge is 0.330 e. The summed E-state index contributed by atoms with van der Waals surface area (Å²) < 4.78 is 22.9. The second-order valence-electron chi connectivity index (χ2n) is 6.86. The van der Waals surface area contributed by atoms with E-state index in [1.165, 1.54) is 4.90 Å². The Morgan fingerprint density at radius 3 is 2.48 bits per heavy atom. The van der Waals surface area contributed by atoms with Crippen molar-refractivity contribution in [3.05, 3.63) is 35.4 Å². The maximum Gasteiger partial charge on any atom is 0.266 e. The number of hydrogen-bond donors (Lipinski definition) is 2. The highest BCUT2D eigenvalue weighted by Crippen LogP contribution is 2.37. The molecule has 0 aliphatic carbocycles. The molecule has 0 spiro atoms. The molecule has 25 heavy (non-hydrogen) atoms. The number of benzene rings is 1. The van der Waals surface area contributed by atoms with Crippen LogP contribution in [0, 0.1) is 6.92 Å². The van der Waals surface area contributed by atoms with Crippen molar-refractivity contribution in [3.63, 3.8) is 0 Å². The fraction of sp³-hybridized carbons (Fsp3) is 0.529. The van der Waals surface area contributed by atoms with Crippen molar-refractivity contribution >= 4 is 21.7 Å². The molecule has 1 saturated heterocycles. The summed E-state index contributed by atoms with van der Waals surface area (Å²) in [6.07, 6.45) is 1.53. The van der Waals surface area contributed by atoms with Crippen LogP contribution in [0.5, 0.6) is 0 Å². The number of carbonyl (C=O) groups is 2. The summed E-state index contributed by atoms with van der Waals surface area (Å²) in [5.41, 5.74) is 2.72. The van der Waals surface area contributed by atoms with Crippen LogP contribution in [0.4, 0.5) is 0 Å². The number of hydroxylamine groups is 1. The predicted octanol–water partition coefficient (Wildman–Crippen LogP) is 0.794. The molecule has 2 amide bonds. The van der Waals surface area contributed by atoms with E-state index >= 15 is 0 Å². The minimum atomic E-state index is -3.29. The molecule has 7 nitrogen and oxygen atoms in total. The van der Waals surface area contributed by atoms with E-state index in [9.17, 15) is 18.0 Å². The molecular weight excluding hydrogens is 344 g/mol. The van der Waals surface area contributed by atoms with E-state index < -0.39 is 27.2 Å². The molecule has 1 heterocycles. The Bertz CT molecular complexity index is 760. The lowest BCUT2D eigenvalue weighted by molar-refractivity contribution is -0.143. The van der Waals surface area contributed by atoms with Gasteiger partial charge in [-0.3, -0.25) is 14.8 Å². The number of likely N-dealkylation sites (tertiary alicyclic amines) is 1. The van der Waals surface area contributed by atoms with Gasteiger partial charge in [-0.1, -0.05) is 29.8 Å². The molecular formula is C17H24N2O5S. The second kappa shape index (κ2) is 7.13. The lowest BCUT2D eigenvalue weighted by atomic mass is 9.81. The molecule has 0 radical (unpaired) electrons. The maximum atomic E-state index is 13.0. The minimum Gasteiger partial charge on any atom is -0.330 e. The molecule has 2 atom stereocenters. The van der Waals surface area contributed by atoms with Crippen LogP contribution in [0.2, 0.25) is 0 Å². The zero-order chi connectivity index (χ0) is 18.8. The lowest BCUT2D eigenvalue weighted by Gasteiger charge is -2.29. The molecule has 1 aromatic rings. The number of nitrogens with one attached hydrogen (secondary N) is 1. The summed E-state index contributed by atoms with van der Waals surface area (Å²) in [6, 6.07) is 6.64. The highest BCUT2D eigenvalue weighted by Gasteiger charge is 2.47. The molecule has 1 unspecified atom stereocenters. The van der Waals surface area contributed by atoms with Gasteiger partial charge in [0.2, 0.25) is 5.91 Å². The zero-order valence-corrected chi connectivity index (χ0v) is 15.5. The van der Waals surface area contributed by atoms with Gasteiger partial charge < -0.3 is 4.90 Å². The molecule has 1 aliphatic heterocycles. The van der Waals surface area contributed by atoms with Crippen molar-refractivity contribution in [2.45, 2.75) is 38.1 Å². The van der Waals surface area contributed by atoms with E-state index in [4.69, 9.17) is 5.21 Å². The molecule has 1 fully saturated rings. The normalized spacial score (nSPS) is 22.1. The van der Waals surface area contributed by atoms with Crippen LogP contribution in [0.3, 0.4) is 0 Å². The van der Waals surface area contributed by atoms with Crippen LogP contribution in [-0.2, 0) is 24.8 Å². The number of carbonyl (C=O) groups excluding carboxylic acids is 2. The van der Waals surface area contributed by atoms with Crippen LogP contribution in [-0.4, -0.2) is 54.9 Å². The van der Waals surface area contributed by atoms with Gasteiger partial charge in [-0.15, -0.1) is 0 Å². The Kier molecular flexibility index (Phi) is 5.53. The van der Waals surface area contributed by atoms with Crippen LogP contribution >= 0.6 is 0 Å². The van der Waals surface area contributed by atoms with E-state index in [0.29, 0.717) is 13.0 Å². The van der Waals surface area contributed by atoms with Crippen molar-refractivity contribution in [3.8, 4) is 0 Å². The van der Waals surface area contributed by atoms with Gasteiger partial charge in [-0.25, -0.2) is 13.9 Å². The number of sulfone groups is 1. The van der Waals surface area contributed by atoms with Gasteiger partial charge in [0.1, 0.15) is 15.9 Å². The summed E-state index contributed by atoms with van der Waals surface area (Å²) >= 11 is 0. The van der Waals surface area contributed by atoms with Gasteiger partial charge in [0.05, 0.1) is 11.2 Å². The van der Waals surface area contributed by atoms with E-state index in [2.05, 4.69) is 0 Å². The number of hydrogen-bond acceptors (Lipinski definition) is 5. The van der Waals surface area contributed by atoms with Crippen LogP contribution in [0.1, 0.15) is 30.9 Å². The van der Waals surface area contributed by atoms with Crippen molar-refractivity contribution in [2.75, 3.05) is 18.6 Å². The lowest BCUT2D eigenvalue weighted by Crippen LogP contribution is -2.49. The topological polar surface area (TPSA) is 104 Å². The van der Waals surface area contributed by atoms with Crippen molar-refractivity contribution in [2.24, 2.45) is 0 Å². The Labute approximate surface area is 147 Å². The Morgan fingerprint density at radius 1 is 1.36 bits per heavy atom. The molecule has 1 aromatic carbocycles. The first-order valence-corrected chi connectivity index (χ1v) is 10.1. The molecule has 2 rings (SSSR count). The van der Waals surface area contributed by atoms with Gasteiger partial charge in [0.15, 0.2) is 0 Å². The molecule has 1 aliphatic rings. The first kappa shape index (κ1) is 19.4. The molecule has 8 heteroatoms. The summed E-state index contributed by atoms with van der Waals surface area (Å²) in [5, 5.41) is 8.97. The van der Waals surface area contributed by atoms with Crippen LogP contribution < -0.4 is 5.48 Å². The third-order valence-electron chi connectivity index (χ3n) is 4.83. The highest BCUT2D eigenvalue weighted by molar-refractivity contribution is 7.90. The first-order valence-electron chi connectivity index (χ1n) is 8.08. The van der Waals surface area contributed by atoms with Crippen LogP contribution in [0.15, 0.2) is 24.3 Å². The van der Waals surface area contributed by atoms with E-state index in [1.807, 2.05) is 38.1 Å². The molecule has 2 N–H and O–H groups in total. The monoisotopic (exact) mass is 368 g/mol. The van der Waals surface area contributed by atoms with Crippen molar-refractivity contribution in [1.29, 1.82) is 0 Å². The van der Waals surface area contributed by atoms with Crippen LogP contribution in [0.25, 0.3) is 0 Å². The van der Waals surface area contributed by atoms with E-state index in [0.717, 1.165) is 17.4 Å². The summed E-state index contributed by atoms with van der Waals surface area (Å²) in [6.45, 7) is 4.11. The van der Waals surface area contributed by atoms with Gasteiger partial charge in [-0.05, 0) is 32.3 Å². The molecule has 0 saturated carbocycles. The quantitative estimate of drug-likeness (QED) is 0.571. The smallest absolute Gasteiger partial charge is 0.266 e. The van der Waals surface area contributed by atoms with E-state index in [-0.39, 0.29) is 18.1 Å². The number of aryl methyl sites for hydroxylation is 1. The summed E-state index contributed by atoms with van der Waals surface area (Å²) in [5.74, 6) is -1.25. The first-order chi connectivity index (χ1) is 11.6. The third kappa shape index (κ3) is 4.19. The third-order valence-corrected chi connectivity index (χ3v) is 5.80. The Hall–Kier alpha value is -1.93. The van der Waals surface area contributed by atoms with Gasteiger partial charge in [-0.2, -0.15) is 0 Å².